The summed E-state index contributed by atoms with van der Waals surface area (Å²) in [6, 6.07) is 12.1. The minimum atomic E-state index is -1.60. The van der Waals surface area contributed by atoms with Gasteiger partial charge >= 0.3 is 11.9 Å². The van der Waals surface area contributed by atoms with Gasteiger partial charge in [0.25, 0.3) is 0 Å². The number of amides is 3. The molecule has 2 aromatic carbocycles. The van der Waals surface area contributed by atoms with E-state index in [2.05, 4.69) is 28.6 Å². The maximum absolute atomic E-state index is 13.1. The number of thiol groups is 1. The van der Waals surface area contributed by atoms with Crippen molar-refractivity contribution in [1.82, 2.24) is 16.0 Å². The lowest BCUT2D eigenvalue weighted by Gasteiger charge is -2.24. The summed E-state index contributed by atoms with van der Waals surface area (Å²) in [5, 5.41) is 26.0. The molecule has 4 unspecified atom stereocenters. The Bertz CT molecular complexity index is 1080. The van der Waals surface area contributed by atoms with Crippen molar-refractivity contribution in [2.45, 2.75) is 43.4 Å². The number of rotatable bonds is 14. The molecule has 2 aromatic rings. The fourth-order valence-electron chi connectivity index (χ4n) is 3.40. The number of hydrogen-bond donors (Lipinski definition) is 7. The number of carbonyl (C=O) groups excluding carboxylic acids is 3. The average molecular weight is 531 g/mol. The van der Waals surface area contributed by atoms with Gasteiger partial charge in [0, 0.05) is 18.6 Å². The largest absolute Gasteiger partial charge is 0.481 e. The SMILES string of the molecule is NC(CS)C(=O)NC(Cc1ccccc1)C(=O)NC(CC(=O)O)C(=O)NC(Cc1ccccc1)C(=O)O. The van der Waals surface area contributed by atoms with E-state index in [-0.39, 0.29) is 18.6 Å². The number of nitrogens with two attached hydrogens (primary N) is 1. The average Bonchev–Trinajstić information content (AvgIpc) is 2.87. The molecule has 0 radical (unpaired) electrons. The maximum Gasteiger partial charge on any atom is 0.326 e. The van der Waals surface area contributed by atoms with Crippen molar-refractivity contribution in [1.29, 1.82) is 0 Å². The highest BCUT2D eigenvalue weighted by Gasteiger charge is 2.31. The molecule has 0 aliphatic rings. The molecule has 0 bridgehead atoms. The van der Waals surface area contributed by atoms with E-state index in [9.17, 15) is 34.2 Å². The smallest absolute Gasteiger partial charge is 0.326 e. The van der Waals surface area contributed by atoms with Crippen LogP contribution in [0.2, 0.25) is 0 Å². The topological polar surface area (TPSA) is 188 Å². The van der Waals surface area contributed by atoms with Gasteiger partial charge in [-0.1, -0.05) is 60.7 Å². The second-order valence-corrected chi connectivity index (χ2v) is 8.65. The minimum Gasteiger partial charge on any atom is -0.481 e. The number of carboxylic acids is 2. The van der Waals surface area contributed by atoms with Crippen molar-refractivity contribution in [3.05, 3.63) is 71.8 Å². The van der Waals surface area contributed by atoms with Crippen molar-refractivity contribution in [2.24, 2.45) is 5.73 Å². The number of benzene rings is 2. The molecule has 4 atom stereocenters. The normalized spacial score (nSPS) is 13.9. The third-order valence-electron chi connectivity index (χ3n) is 5.36. The van der Waals surface area contributed by atoms with Crippen LogP contribution in [0.3, 0.4) is 0 Å². The van der Waals surface area contributed by atoms with Gasteiger partial charge in [0.2, 0.25) is 17.7 Å². The lowest BCUT2D eigenvalue weighted by molar-refractivity contribution is -0.143. The zero-order valence-corrected chi connectivity index (χ0v) is 20.8. The van der Waals surface area contributed by atoms with Gasteiger partial charge in [0.15, 0.2) is 0 Å². The monoisotopic (exact) mass is 530 g/mol. The highest BCUT2D eigenvalue weighted by Crippen LogP contribution is 2.07. The fraction of sp³-hybridized carbons (Fsp3) is 0.320. The molecule has 2 rings (SSSR count). The summed E-state index contributed by atoms with van der Waals surface area (Å²) in [4.78, 5) is 61.6. The summed E-state index contributed by atoms with van der Waals surface area (Å²) in [5.74, 6) is -5.17. The van der Waals surface area contributed by atoms with Gasteiger partial charge in [-0.3, -0.25) is 19.2 Å². The summed E-state index contributed by atoms with van der Waals surface area (Å²) < 4.78 is 0. The molecular weight excluding hydrogens is 500 g/mol. The fourth-order valence-corrected chi connectivity index (χ4v) is 3.56. The van der Waals surface area contributed by atoms with E-state index in [0.717, 1.165) is 0 Å². The van der Waals surface area contributed by atoms with Crippen LogP contribution in [0, 0.1) is 0 Å². The number of carboxylic acid groups (broad SMARTS) is 2. The zero-order valence-electron chi connectivity index (χ0n) is 19.9. The Hall–Kier alpha value is -3.90. The number of nitrogens with one attached hydrogen (secondary N) is 3. The molecule has 3 amide bonds. The van der Waals surface area contributed by atoms with Gasteiger partial charge in [0.05, 0.1) is 12.5 Å². The molecule has 0 saturated heterocycles. The first kappa shape index (κ1) is 29.3. The Morgan fingerprint density at radius 3 is 1.59 bits per heavy atom. The molecular formula is C25H30N4O7S. The molecule has 0 spiro atoms. The molecule has 0 aromatic heterocycles. The first-order chi connectivity index (χ1) is 17.6. The van der Waals surface area contributed by atoms with Crippen LogP contribution in [-0.4, -0.2) is 69.8 Å². The number of aliphatic carboxylic acids is 2. The van der Waals surface area contributed by atoms with Crippen LogP contribution < -0.4 is 21.7 Å². The third kappa shape index (κ3) is 9.94. The van der Waals surface area contributed by atoms with E-state index < -0.39 is 60.2 Å². The van der Waals surface area contributed by atoms with E-state index in [1.165, 1.54) is 0 Å². The van der Waals surface area contributed by atoms with E-state index in [1.807, 2.05) is 0 Å². The van der Waals surface area contributed by atoms with E-state index in [0.29, 0.717) is 11.1 Å². The molecule has 7 N–H and O–H groups in total. The molecule has 0 aliphatic heterocycles. The molecule has 37 heavy (non-hydrogen) atoms. The molecule has 0 saturated carbocycles. The van der Waals surface area contributed by atoms with Crippen LogP contribution in [0.25, 0.3) is 0 Å². The van der Waals surface area contributed by atoms with Crippen molar-refractivity contribution >= 4 is 42.3 Å². The molecule has 0 fully saturated rings. The second kappa shape index (κ2) is 14.6. The molecule has 198 valence electrons. The number of carbonyl (C=O) groups is 5. The zero-order chi connectivity index (χ0) is 27.4. The summed E-state index contributed by atoms with van der Waals surface area (Å²) in [6.07, 6.45) is -0.827. The first-order valence-corrected chi connectivity index (χ1v) is 12.0. The summed E-state index contributed by atoms with van der Waals surface area (Å²) in [5.41, 5.74) is 7.03. The standard InChI is InChI=1S/C25H30N4O7S/c26-17(14-37)22(32)27-18(11-15-7-3-1-4-8-15)23(33)28-19(13-21(30)31)24(34)29-20(25(35)36)12-16-9-5-2-6-10-16/h1-10,17-20,37H,11-14,26H2,(H,27,32)(H,28,33)(H,29,34)(H,30,31)(H,35,36). The van der Waals surface area contributed by atoms with Gasteiger partial charge in [0.1, 0.15) is 18.1 Å². The summed E-state index contributed by atoms with van der Waals surface area (Å²) >= 11 is 3.98. The van der Waals surface area contributed by atoms with Crippen molar-refractivity contribution in [3.8, 4) is 0 Å². The predicted octanol–water partition coefficient (Wildman–Crippen LogP) is -0.257. The van der Waals surface area contributed by atoms with Crippen LogP contribution in [-0.2, 0) is 36.8 Å². The molecule has 12 heteroatoms. The highest BCUT2D eigenvalue weighted by atomic mass is 32.1. The van der Waals surface area contributed by atoms with E-state index >= 15 is 0 Å². The summed E-state index contributed by atoms with van der Waals surface area (Å²) in [7, 11) is 0. The van der Waals surface area contributed by atoms with Crippen LogP contribution in [0.1, 0.15) is 17.5 Å². The van der Waals surface area contributed by atoms with Crippen molar-refractivity contribution < 1.29 is 34.2 Å². The van der Waals surface area contributed by atoms with Crippen molar-refractivity contribution in [3.63, 3.8) is 0 Å². The van der Waals surface area contributed by atoms with Crippen molar-refractivity contribution in [2.75, 3.05) is 5.75 Å². The van der Waals surface area contributed by atoms with Crippen LogP contribution >= 0.6 is 12.6 Å². The highest BCUT2D eigenvalue weighted by molar-refractivity contribution is 7.80. The molecule has 0 aliphatic carbocycles. The lowest BCUT2D eigenvalue weighted by atomic mass is 10.0. The Balaban J connectivity index is 2.21. The van der Waals surface area contributed by atoms with Crippen LogP contribution in [0.4, 0.5) is 0 Å². The Labute approximate surface area is 219 Å². The lowest BCUT2D eigenvalue weighted by Crippen LogP contribution is -2.58. The Morgan fingerprint density at radius 1 is 0.703 bits per heavy atom. The van der Waals surface area contributed by atoms with E-state index in [1.54, 1.807) is 60.7 Å². The quantitative estimate of drug-likeness (QED) is 0.163. The van der Waals surface area contributed by atoms with Gasteiger partial charge in [-0.15, -0.1) is 0 Å². The minimum absolute atomic E-state index is 0.0214. The van der Waals surface area contributed by atoms with Gasteiger partial charge in [-0.25, -0.2) is 4.79 Å². The first-order valence-electron chi connectivity index (χ1n) is 11.4. The molecule has 11 nitrogen and oxygen atoms in total. The van der Waals surface area contributed by atoms with Crippen LogP contribution in [0.5, 0.6) is 0 Å². The Morgan fingerprint density at radius 2 is 1.14 bits per heavy atom. The second-order valence-electron chi connectivity index (χ2n) is 8.29. The van der Waals surface area contributed by atoms with E-state index in [4.69, 9.17) is 5.73 Å². The predicted molar refractivity (Wildman–Crippen MR) is 138 cm³/mol. The van der Waals surface area contributed by atoms with Gasteiger partial charge in [-0.05, 0) is 11.1 Å². The number of hydrogen-bond acceptors (Lipinski definition) is 7. The van der Waals surface area contributed by atoms with Gasteiger partial charge in [-0.2, -0.15) is 12.6 Å². The maximum atomic E-state index is 13.1. The van der Waals surface area contributed by atoms with Gasteiger partial charge < -0.3 is 31.9 Å². The Kier molecular flexibility index (Phi) is 11.6. The molecule has 0 heterocycles. The third-order valence-corrected chi connectivity index (χ3v) is 5.75. The summed E-state index contributed by atoms with van der Waals surface area (Å²) in [6.45, 7) is 0. The van der Waals surface area contributed by atoms with Crippen LogP contribution in [0.15, 0.2) is 60.7 Å².